The zero-order valence-corrected chi connectivity index (χ0v) is 15.9. The second kappa shape index (κ2) is 8.43. The van der Waals surface area contributed by atoms with E-state index in [-0.39, 0.29) is 5.56 Å². The average molecular weight is 379 g/mol. The second-order valence-corrected chi connectivity index (χ2v) is 6.14. The molecule has 0 radical (unpaired) electrons. The Bertz CT molecular complexity index is 987. The SMILES string of the molecule is CCOc1ccc(-c2ccnc(NCc3nc(C)cc(C)n3)n2)cc1C(=O)O. The number of carbonyl (C=O) groups is 1. The van der Waals surface area contributed by atoms with E-state index in [1.165, 1.54) is 0 Å². The van der Waals surface area contributed by atoms with Gasteiger partial charge in [0.05, 0.1) is 18.8 Å². The fourth-order valence-corrected chi connectivity index (χ4v) is 2.78. The molecule has 0 unspecified atom stereocenters. The number of carboxylic acids is 1. The summed E-state index contributed by atoms with van der Waals surface area (Å²) in [5.74, 6) is 0.342. The van der Waals surface area contributed by atoms with Gasteiger partial charge >= 0.3 is 5.97 Å². The third kappa shape index (κ3) is 4.59. The molecule has 0 amide bonds. The minimum absolute atomic E-state index is 0.0936. The second-order valence-electron chi connectivity index (χ2n) is 6.14. The van der Waals surface area contributed by atoms with Crippen molar-refractivity contribution in [3.05, 3.63) is 59.3 Å². The van der Waals surface area contributed by atoms with E-state index in [2.05, 4.69) is 25.3 Å². The van der Waals surface area contributed by atoms with Gasteiger partial charge in [0.2, 0.25) is 5.95 Å². The fraction of sp³-hybridized carbons (Fsp3) is 0.250. The van der Waals surface area contributed by atoms with Gasteiger partial charge in [-0.1, -0.05) is 0 Å². The Morgan fingerprint density at radius 3 is 2.54 bits per heavy atom. The van der Waals surface area contributed by atoms with Crippen LogP contribution in [-0.2, 0) is 6.54 Å². The average Bonchev–Trinajstić information content (AvgIpc) is 2.66. The quantitative estimate of drug-likeness (QED) is 0.644. The Kier molecular flexibility index (Phi) is 5.78. The molecule has 0 spiro atoms. The molecule has 2 aromatic heterocycles. The summed E-state index contributed by atoms with van der Waals surface area (Å²) in [7, 11) is 0. The highest BCUT2D eigenvalue weighted by Gasteiger charge is 2.14. The van der Waals surface area contributed by atoms with Gasteiger partial charge in [-0.2, -0.15) is 0 Å². The summed E-state index contributed by atoms with van der Waals surface area (Å²) in [5.41, 5.74) is 3.15. The van der Waals surface area contributed by atoms with Gasteiger partial charge in [0, 0.05) is 23.1 Å². The van der Waals surface area contributed by atoms with Crippen LogP contribution < -0.4 is 10.1 Å². The van der Waals surface area contributed by atoms with Gasteiger partial charge in [0.1, 0.15) is 17.1 Å². The number of aromatic nitrogens is 4. The van der Waals surface area contributed by atoms with Crippen molar-refractivity contribution < 1.29 is 14.6 Å². The van der Waals surface area contributed by atoms with E-state index in [4.69, 9.17) is 4.74 Å². The lowest BCUT2D eigenvalue weighted by Crippen LogP contribution is -2.08. The molecule has 0 aliphatic rings. The number of nitrogens with one attached hydrogen (secondary N) is 1. The van der Waals surface area contributed by atoms with Crippen LogP contribution in [0.3, 0.4) is 0 Å². The van der Waals surface area contributed by atoms with Crippen LogP contribution in [-0.4, -0.2) is 37.6 Å². The highest BCUT2D eigenvalue weighted by atomic mass is 16.5. The number of aromatic carboxylic acids is 1. The van der Waals surface area contributed by atoms with Crippen LogP contribution >= 0.6 is 0 Å². The third-order valence-electron chi connectivity index (χ3n) is 3.89. The number of carboxylic acid groups (broad SMARTS) is 1. The number of anilines is 1. The van der Waals surface area contributed by atoms with Gasteiger partial charge in [-0.05, 0) is 51.1 Å². The van der Waals surface area contributed by atoms with Crippen LogP contribution in [0.25, 0.3) is 11.3 Å². The van der Waals surface area contributed by atoms with E-state index >= 15 is 0 Å². The predicted molar refractivity (Wildman–Crippen MR) is 104 cm³/mol. The van der Waals surface area contributed by atoms with E-state index < -0.39 is 5.97 Å². The van der Waals surface area contributed by atoms with E-state index in [9.17, 15) is 9.90 Å². The normalized spacial score (nSPS) is 10.5. The number of hydrogen-bond donors (Lipinski definition) is 2. The first-order valence-electron chi connectivity index (χ1n) is 8.85. The molecule has 2 N–H and O–H groups in total. The van der Waals surface area contributed by atoms with Gasteiger partial charge in [0.15, 0.2) is 0 Å². The molecule has 28 heavy (non-hydrogen) atoms. The van der Waals surface area contributed by atoms with Crippen molar-refractivity contribution in [1.82, 2.24) is 19.9 Å². The van der Waals surface area contributed by atoms with Crippen LogP contribution in [0.1, 0.15) is 34.5 Å². The van der Waals surface area contributed by atoms with Crippen LogP contribution in [0.15, 0.2) is 36.5 Å². The van der Waals surface area contributed by atoms with Crippen molar-refractivity contribution in [1.29, 1.82) is 0 Å². The summed E-state index contributed by atoms with van der Waals surface area (Å²) < 4.78 is 5.38. The molecule has 3 aromatic rings. The molecule has 0 fully saturated rings. The first-order valence-corrected chi connectivity index (χ1v) is 8.85. The summed E-state index contributed by atoms with van der Waals surface area (Å²) in [6.45, 7) is 6.42. The fourth-order valence-electron chi connectivity index (χ4n) is 2.78. The molecule has 0 aliphatic carbocycles. The van der Waals surface area contributed by atoms with Crippen molar-refractivity contribution in [2.24, 2.45) is 0 Å². The lowest BCUT2D eigenvalue weighted by molar-refractivity contribution is 0.0692. The molecule has 0 aliphatic heterocycles. The van der Waals surface area contributed by atoms with Crippen molar-refractivity contribution in [3.8, 4) is 17.0 Å². The monoisotopic (exact) mass is 379 g/mol. The maximum atomic E-state index is 11.5. The summed E-state index contributed by atoms with van der Waals surface area (Å²) in [5, 5.41) is 12.5. The molecule has 0 saturated carbocycles. The number of rotatable bonds is 7. The minimum atomic E-state index is -1.05. The van der Waals surface area contributed by atoms with Crippen molar-refractivity contribution in [2.75, 3.05) is 11.9 Å². The van der Waals surface area contributed by atoms with E-state index in [0.717, 1.165) is 11.4 Å². The summed E-state index contributed by atoms with van der Waals surface area (Å²) >= 11 is 0. The predicted octanol–water partition coefficient (Wildman–Crippen LogP) is 3.26. The number of nitrogens with zero attached hydrogens (tertiary/aromatic N) is 4. The Balaban J connectivity index is 1.83. The number of hydrogen-bond acceptors (Lipinski definition) is 7. The molecule has 0 bridgehead atoms. The maximum absolute atomic E-state index is 11.5. The smallest absolute Gasteiger partial charge is 0.339 e. The lowest BCUT2D eigenvalue weighted by atomic mass is 10.1. The van der Waals surface area contributed by atoms with Gasteiger partial charge in [-0.25, -0.2) is 24.7 Å². The molecule has 3 rings (SSSR count). The largest absolute Gasteiger partial charge is 0.493 e. The number of aryl methyl sites for hydroxylation is 2. The molecule has 0 saturated heterocycles. The van der Waals surface area contributed by atoms with E-state index in [0.29, 0.717) is 41.9 Å². The highest BCUT2D eigenvalue weighted by molar-refractivity contribution is 5.92. The Morgan fingerprint density at radius 2 is 1.86 bits per heavy atom. The van der Waals surface area contributed by atoms with Crippen LogP contribution in [0, 0.1) is 13.8 Å². The molecule has 8 nitrogen and oxygen atoms in total. The zero-order chi connectivity index (χ0) is 20.1. The van der Waals surface area contributed by atoms with Gasteiger partial charge in [0.25, 0.3) is 0 Å². The van der Waals surface area contributed by atoms with E-state index in [1.54, 1.807) is 37.4 Å². The zero-order valence-electron chi connectivity index (χ0n) is 15.9. The number of benzene rings is 1. The van der Waals surface area contributed by atoms with Crippen molar-refractivity contribution >= 4 is 11.9 Å². The molecular formula is C20H21N5O3. The third-order valence-corrected chi connectivity index (χ3v) is 3.89. The van der Waals surface area contributed by atoms with Crippen molar-refractivity contribution in [2.45, 2.75) is 27.3 Å². The van der Waals surface area contributed by atoms with Crippen LogP contribution in [0.5, 0.6) is 5.75 Å². The Morgan fingerprint density at radius 1 is 1.11 bits per heavy atom. The minimum Gasteiger partial charge on any atom is -0.493 e. The topological polar surface area (TPSA) is 110 Å². The lowest BCUT2D eigenvalue weighted by Gasteiger charge is -2.10. The van der Waals surface area contributed by atoms with Gasteiger partial charge in [-0.15, -0.1) is 0 Å². The first kappa shape index (κ1) is 19.2. The summed E-state index contributed by atoms with van der Waals surface area (Å²) in [6.07, 6.45) is 1.61. The highest BCUT2D eigenvalue weighted by Crippen LogP contribution is 2.26. The molecular weight excluding hydrogens is 358 g/mol. The Labute approximate surface area is 162 Å². The van der Waals surface area contributed by atoms with Crippen LogP contribution in [0.2, 0.25) is 0 Å². The standard InChI is InChI=1S/C20H21N5O3/c1-4-28-17-6-5-14(10-15(17)19(26)27)16-7-8-21-20(25-16)22-11-18-23-12(2)9-13(3)24-18/h5-10H,4,11H2,1-3H3,(H,26,27)(H,21,22,25). The number of ether oxygens (including phenoxy) is 1. The molecule has 144 valence electrons. The van der Waals surface area contributed by atoms with Gasteiger partial charge < -0.3 is 15.2 Å². The van der Waals surface area contributed by atoms with Crippen molar-refractivity contribution in [3.63, 3.8) is 0 Å². The molecule has 0 atom stereocenters. The maximum Gasteiger partial charge on any atom is 0.339 e. The summed E-state index contributed by atoms with van der Waals surface area (Å²) in [4.78, 5) is 29.0. The molecule has 2 heterocycles. The first-order chi connectivity index (χ1) is 13.5. The van der Waals surface area contributed by atoms with Crippen LogP contribution in [0.4, 0.5) is 5.95 Å². The van der Waals surface area contributed by atoms with E-state index in [1.807, 2.05) is 19.9 Å². The molecule has 8 heteroatoms. The summed E-state index contributed by atoms with van der Waals surface area (Å²) in [6, 6.07) is 8.59. The van der Waals surface area contributed by atoms with Gasteiger partial charge in [-0.3, -0.25) is 0 Å². The Hall–Kier alpha value is -3.55. The molecule has 1 aromatic carbocycles.